The largest absolute Gasteiger partial charge is 0.479 e. The lowest BCUT2D eigenvalue weighted by atomic mass is 9.91. The Morgan fingerprint density at radius 1 is 1.20 bits per heavy atom. The Labute approximate surface area is 146 Å². The number of carbonyl (C=O) groups excluding carboxylic acids is 1. The Kier molecular flexibility index (Phi) is 5.11. The second-order valence-corrected chi connectivity index (χ2v) is 6.63. The smallest absolute Gasteiger partial charge is 0.347 e. The van der Waals surface area contributed by atoms with Gasteiger partial charge in [0, 0.05) is 17.0 Å². The number of rotatable bonds is 5. The molecule has 0 N–H and O–H groups in total. The van der Waals surface area contributed by atoms with E-state index in [0.29, 0.717) is 11.3 Å². The Balaban J connectivity index is 1.84. The average molecular weight is 344 g/mol. The summed E-state index contributed by atoms with van der Waals surface area (Å²) in [7, 11) is 0. The summed E-state index contributed by atoms with van der Waals surface area (Å²) in [6.45, 7) is 5.45. The lowest BCUT2D eigenvalue weighted by Gasteiger charge is -2.18. The van der Waals surface area contributed by atoms with E-state index in [1.165, 1.54) is 0 Å². The molecule has 25 heavy (non-hydrogen) atoms. The molecule has 0 saturated carbocycles. The molecular formula is C20H24O5. The molecule has 0 radical (unpaired) electrons. The monoisotopic (exact) mass is 344 g/mol. The van der Waals surface area contributed by atoms with E-state index in [0.717, 1.165) is 48.6 Å². The van der Waals surface area contributed by atoms with Gasteiger partial charge in [0.05, 0.1) is 6.10 Å². The molecule has 1 aliphatic carbocycles. The molecule has 134 valence electrons. The first-order chi connectivity index (χ1) is 12.0. The van der Waals surface area contributed by atoms with Gasteiger partial charge in [-0.1, -0.05) is 6.92 Å². The van der Waals surface area contributed by atoms with Crippen LogP contribution in [0.2, 0.25) is 0 Å². The maximum atomic E-state index is 12.2. The van der Waals surface area contributed by atoms with Crippen LogP contribution in [0.5, 0.6) is 5.75 Å². The average Bonchev–Trinajstić information content (AvgIpc) is 2.61. The van der Waals surface area contributed by atoms with E-state index in [2.05, 4.69) is 0 Å². The van der Waals surface area contributed by atoms with Gasteiger partial charge in [-0.2, -0.15) is 0 Å². The molecule has 0 aliphatic heterocycles. The Bertz CT molecular complexity index is 836. The second kappa shape index (κ2) is 7.30. The van der Waals surface area contributed by atoms with Crippen molar-refractivity contribution in [1.29, 1.82) is 0 Å². The maximum Gasteiger partial charge on any atom is 0.347 e. The van der Waals surface area contributed by atoms with Crippen LogP contribution in [-0.4, -0.2) is 18.2 Å². The predicted octanol–water partition coefficient (Wildman–Crippen LogP) is 3.78. The van der Waals surface area contributed by atoms with E-state index in [4.69, 9.17) is 13.9 Å². The maximum absolute atomic E-state index is 12.2. The number of hydrogen-bond donors (Lipinski definition) is 0. The lowest BCUT2D eigenvalue weighted by Crippen LogP contribution is -2.29. The summed E-state index contributed by atoms with van der Waals surface area (Å²) in [5, 5.41) is 0.955. The van der Waals surface area contributed by atoms with E-state index in [9.17, 15) is 9.59 Å². The quantitative estimate of drug-likeness (QED) is 0.610. The third-order valence-electron chi connectivity index (χ3n) is 4.73. The third-order valence-corrected chi connectivity index (χ3v) is 4.73. The van der Waals surface area contributed by atoms with Crippen LogP contribution >= 0.6 is 0 Å². The predicted molar refractivity (Wildman–Crippen MR) is 95.1 cm³/mol. The Morgan fingerprint density at radius 3 is 2.64 bits per heavy atom. The van der Waals surface area contributed by atoms with Crippen molar-refractivity contribution in [3.8, 4) is 5.75 Å². The van der Waals surface area contributed by atoms with Crippen LogP contribution < -0.4 is 10.4 Å². The first-order valence-corrected chi connectivity index (χ1v) is 8.95. The Hall–Kier alpha value is -2.30. The molecule has 5 heteroatoms. The van der Waals surface area contributed by atoms with Crippen LogP contribution in [0.15, 0.2) is 27.4 Å². The van der Waals surface area contributed by atoms with Crippen molar-refractivity contribution in [2.45, 2.75) is 65.1 Å². The molecule has 1 aromatic carbocycles. The van der Waals surface area contributed by atoms with Crippen molar-refractivity contribution in [2.75, 3.05) is 0 Å². The molecule has 1 heterocycles. The summed E-state index contributed by atoms with van der Waals surface area (Å²) in [4.78, 5) is 24.2. The lowest BCUT2D eigenvalue weighted by molar-refractivity contribution is -0.155. The number of carbonyl (C=O) groups is 1. The molecule has 1 aromatic heterocycles. The highest BCUT2D eigenvalue weighted by Gasteiger charge is 2.21. The van der Waals surface area contributed by atoms with E-state index in [-0.39, 0.29) is 11.7 Å². The molecule has 2 aromatic rings. The minimum Gasteiger partial charge on any atom is -0.479 e. The van der Waals surface area contributed by atoms with E-state index in [1.54, 1.807) is 13.0 Å². The van der Waals surface area contributed by atoms with Crippen LogP contribution in [0.3, 0.4) is 0 Å². The fourth-order valence-electron chi connectivity index (χ4n) is 3.13. The zero-order valence-corrected chi connectivity index (χ0v) is 15.0. The highest BCUT2D eigenvalue weighted by molar-refractivity contribution is 5.83. The molecule has 1 aliphatic rings. The fourth-order valence-corrected chi connectivity index (χ4v) is 3.13. The molecule has 0 amide bonds. The van der Waals surface area contributed by atoms with E-state index in [1.807, 2.05) is 26.0 Å². The van der Waals surface area contributed by atoms with Crippen molar-refractivity contribution in [1.82, 2.24) is 0 Å². The van der Waals surface area contributed by atoms with Gasteiger partial charge in [-0.05, 0) is 63.6 Å². The van der Waals surface area contributed by atoms with Crippen LogP contribution in [0.4, 0.5) is 0 Å². The normalized spacial score (nSPS) is 16.1. The first-order valence-electron chi connectivity index (χ1n) is 8.95. The van der Waals surface area contributed by atoms with Crippen molar-refractivity contribution in [3.05, 3.63) is 39.7 Å². The fraction of sp³-hybridized carbons (Fsp3) is 0.500. The van der Waals surface area contributed by atoms with Crippen molar-refractivity contribution in [2.24, 2.45) is 0 Å². The third kappa shape index (κ3) is 3.70. The molecule has 0 bridgehead atoms. The summed E-state index contributed by atoms with van der Waals surface area (Å²) in [6.07, 6.45) is 3.68. The number of aryl methyl sites for hydroxylation is 1. The standard InChI is InChI=1S/C20H24O5/c1-4-12(2)23-19(21)13(3)24-14-9-10-16-15-7-5-6-8-17(15)20(22)25-18(16)11-14/h9-13H,4-8H2,1-3H3/t12-,13-/m1/s1. The zero-order chi connectivity index (χ0) is 18.0. The highest BCUT2D eigenvalue weighted by Crippen LogP contribution is 2.29. The number of hydrogen-bond acceptors (Lipinski definition) is 5. The van der Waals surface area contributed by atoms with Crippen molar-refractivity contribution >= 4 is 16.9 Å². The molecule has 0 fully saturated rings. The summed E-state index contributed by atoms with van der Waals surface area (Å²) in [6, 6.07) is 5.40. The van der Waals surface area contributed by atoms with Gasteiger partial charge in [-0.15, -0.1) is 0 Å². The van der Waals surface area contributed by atoms with Gasteiger partial charge >= 0.3 is 11.6 Å². The van der Waals surface area contributed by atoms with Crippen molar-refractivity contribution in [3.63, 3.8) is 0 Å². The van der Waals surface area contributed by atoms with E-state index >= 15 is 0 Å². The van der Waals surface area contributed by atoms with Crippen LogP contribution in [0, 0.1) is 0 Å². The summed E-state index contributed by atoms with van der Waals surface area (Å²) < 4.78 is 16.4. The van der Waals surface area contributed by atoms with Gasteiger partial charge in [-0.3, -0.25) is 0 Å². The Morgan fingerprint density at radius 2 is 1.92 bits per heavy atom. The SMILES string of the molecule is CC[C@@H](C)OC(=O)[C@@H](C)Oc1ccc2c3c(c(=O)oc2c1)CCCC3. The van der Waals surface area contributed by atoms with Gasteiger partial charge in [0.2, 0.25) is 0 Å². The minimum absolute atomic E-state index is 0.139. The minimum atomic E-state index is -0.726. The summed E-state index contributed by atoms with van der Waals surface area (Å²) in [5.41, 5.74) is 2.14. The molecule has 0 unspecified atom stereocenters. The molecule has 5 nitrogen and oxygen atoms in total. The summed E-state index contributed by atoms with van der Waals surface area (Å²) in [5.74, 6) is 0.0846. The van der Waals surface area contributed by atoms with Crippen LogP contribution in [0.25, 0.3) is 11.0 Å². The first kappa shape index (κ1) is 17.5. The van der Waals surface area contributed by atoms with Gasteiger partial charge in [0.1, 0.15) is 11.3 Å². The van der Waals surface area contributed by atoms with Crippen LogP contribution in [0.1, 0.15) is 51.2 Å². The number of ether oxygens (including phenoxy) is 2. The number of fused-ring (bicyclic) bond motifs is 3. The highest BCUT2D eigenvalue weighted by atomic mass is 16.6. The molecule has 2 atom stereocenters. The van der Waals surface area contributed by atoms with Gasteiger partial charge in [0.15, 0.2) is 6.10 Å². The van der Waals surface area contributed by atoms with Crippen molar-refractivity contribution < 1.29 is 18.7 Å². The zero-order valence-electron chi connectivity index (χ0n) is 15.0. The van der Waals surface area contributed by atoms with E-state index < -0.39 is 12.1 Å². The summed E-state index contributed by atoms with van der Waals surface area (Å²) >= 11 is 0. The second-order valence-electron chi connectivity index (χ2n) is 6.63. The van der Waals surface area contributed by atoms with Gasteiger partial charge in [-0.25, -0.2) is 9.59 Å². The number of benzene rings is 1. The molecule has 0 spiro atoms. The molecule has 3 rings (SSSR count). The van der Waals surface area contributed by atoms with Gasteiger partial charge in [0.25, 0.3) is 0 Å². The molecular weight excluding hydrogens is 320 g/mol. The molecule has 0 saturated heterocycles. The van der Waals surface area contributed by atoms with Crippen LogP contribution in [-0.2, 0) is 22.4 Å². The topological polar surface area (TPSA) is 65.7 Å². The number of esters is 1. The van der Waals surface area contributed by atoms with Gasteiger partial charge < -0.3 is 13.9 Å².